The maximum absolute atomic E-state index is 9.77. The summed E-state index contributed by atoms with van der Waals surface area (Å²) in [5.41, 5.74) is 0. The molecule has 43 valence electrons. The molecule has 0 amide bonds. The van der Waals surface area contributed by atoms with Crippen LogP contribution in [0.2, 0.25) is 0 Å². The molecule has 0 aliphatic carbocycles. The predicted octanol–water partition coefficient (Wildman–Crippen LogP) is 1.55. The molecule has 0 unspecified atom stereocenters. The lowest BCUT2D eigenvalue weighted by Gasteiger charge is -1.88. The molecule has 0 spiro atoms. The Morgan fingerprint density at radius 1 is 1.43 bits per heavy atom. The Morgan fingerprint density at radius 2 is 2.14 bits per heavy atom. The molecule has 0 aromatic rings. The highest BCUT2D eigenvalue weighted by Gasteiger charge is 1.82. The summed E-state index contributed by atoms with van der Waals surface area (Å²) in [6.45, 7) is 0.0532. The van der Waals surface area contributed by atoms with Crippen molar-refractivity contribution in [3.63, 3.8) is 0 Å². The lowest BCUT2D eigenvalue weighted by atomic mass is 10.9. The molecule has 0 heterocycles. The Hall–Kier alpha value is 0.790. The molecule has 0 aromatic carbocycles. The number of hydrogen-bond donors (Lipinski definition) is 0. The van der Waals surface area contributed by atoms with E-state index in [-0.39, 0.29) is 6.61 Å². The molecule has 0 aliphatic rings. The molecular formula is C4H8BrOS. The van der Waals surface area contributed by atoms with Gasteiger partial charge in [-0.3, -0.25) is 0 Å². The van der Waals surface area contributed by atoms with Crippen molar-refractivity contribution in [2.75, 3.05) is 23.4 Å². The first-order chi connectivity index (χ1) is 3.41. The van der Waals surface area contributed by atoms with Gasteiger partial charge in [-0.1, -0.05) is 15.9 Å². The first kappa shape index (κ1) is 7.79. The summed E-state index contributed by atoms with van der Waals surface area (Å²) >= 11 is 4.95. The van der Waals surface area contributed by atoms with Gasteiger partial charge in [-0.15, -0.1) is 0 Å². The third-order valence-corrected chi connectivity index (χ3v) is 2.32. The Bertz CT molecular complexity index is 30.9. The second-order valence-corrected chi connectivity index (χ2v) is 3.02. The van der Waals surface area contributed by atoms with Crippen molar-refractivity contribution >= 4 is 27.7 Å². The van der Waals surface area contributed by atoms with E-state index in [1.807, 2.05) is 0 Å². The molecule has 3 heteroatoms. The number of alkyl halides is 1. The lowest BCUT2D eigenvalue weighted by Crippen LogP contribution is -1.86. The summed E-state index contributed by atoms with van der Waals surface area (Å²) in [5.74, 6) is 1.81. The van der Waals surface area contributed by atoms with E-state index in [0.717, 1.165) is 16.8 Å². The first-order valence-electron chi connectivity index (χ1n) is 2.13. The molecule has 0 saturated heterocycles. The smallest absolute Gasteiger partial charge is 0.0912 e. The van der Waals surface area contributed by atoms with E-state index in [1.54, 1.807) is 11.8 Å². The van der Waals surface area contributed by atoms with E-state index < -0.39 is 0 Å². The average molecular weight is 184 g/mol. The van der Waals surface area contributed by atoms with Crippen LogP contribution < -0.4 is 0 Å². The van der Waals surface area contributed by atoms with Gasteiger partial charge in [-0.25, -0.2) is 5.11 Å². The highest BCUT2D eigenvalue weighted by atomic mass is 79.9. The first-order valence-corrected chi connectivity index (χ1v) is 4.41. The van der Waals surface area contributed by atoms with E-state index in [0.29, 0.717) is 0 Å². The van der Waals surface area contributed by atoms with Crippen LogP contribution in [0, 0.1) is 0 Å². The van der Waals surface area contributed by atoms with Crippen LogP contribution in [0.15, 0.2) is 0 Å². The molecule has 0 aromatic heterocycles. The zero-order valence-electron chi connectivity index (χ0n) is 4.02. The van der Waals surface area contributed by atoms with Crippen LogP contribution in [-0.2, 0) is 5.11 Å². The summed E-state index contributed by atoms with van der Waals surface area (Å²) in [6, 6.07) is 0. The SMILES string of the molecule is [O]CCSCCBr. The minimum Gasteiger partial charge on any atom is -0.236 e. The minimum atomic E-state index is 0.0532. The van der Waals surface area contributed by atoms with Crippen molar-refractivity contribution in [3.8, 4) is 0 Å². The predicted molar refractivity (Wildman–Crippen MR) is 36.7 cm³/mol. The van der Waals surface area contributed by atoms with Crippen molar-refractivity contribution in [1.82, 2.24) is 0 Å². The number of halogens is 1. The van der Waals surface area contributed by atoms with Crippen molar-refractivity contribution in [2.45, 2.75) is 0 Å². The van der Waals surface area contributed by atoms with Gasteiger partial charge in [-0.2, -0.15) is 11.8 Å². The molecule has 0 rings (SSSR count). The molecule has 7 heavy (non-hydrogen) atoms. The lowest BCUT2D eigenvalue weighted by molar-refractivity contribution is 0.215. The minimum absolute atomic E-state index is 0.0532. The van der Waals surface area contributed by atoms with Crippen molar-refractivity contribution in [1.29, 1.82) is 0 Å². The van der Waals surface area contributed by atoms with Crippen molar-refractivity contribution < 1.29 is 5.11 Å². The highest BCUT2D eigenvalue weighted by Crippen LogP contribution is 1.98. The van der Waals surface area contributed by atoms with Gasteiger partial charge in [0.2, 0.25) is 0 Å². The molecule has 0 saturated carbocycles. The Kier molecular flexibility index (Phi) is 7.56. The van der Waals surface area contributed by atoms with Crippen LogP contribution in [0.4, 0.5) is 0 Å². The fraction of sp³-hybridized carbons (Fsp3) is 1.00. The third-order valence-electron chi connectivity index (χ3n) is 0.449. The van der Waals surface area contributed by atoms with Gasteiger partial charge in [0.05, 0.1) is 6.61 Å². The molecule has 0 N–H and O–H groups in total. The van der Waals surface area contributed by atoms with Gasteiger partial charge >= 0.3 is 0 Å². The van der Waals surface area contributed by atoms with Crippen LogP contribution in [0.3, 0.4) is 0 Å². The standard InChI is InChI=1S/C4H8BrOS/c5-1-3-7-4-2-6/h1-4H2. The average Bonchev–Trinajstić information content (AvgIpc) is 1.69. The van der Waals surface area contributed by atoms with Gasteiger partial charge in [0, 0.05) is 16.8 Å². The normalized spacial score (nSPS) is 9.43. The second kappa shape index (κ2) is 6.79. The van der Waals surface area contributed by atoms with Crippen LogP contribution in [0.1, 0.15) is 0 Å². The largest absolute Gasteiger partial charge is 0.236 e. The Labute approximate surface area is 56.6 Å². The van der Waals surface area contributed by atoms with E-state index in [9.17, 15) is 5.11 Å². The second-order valence-electron chi connectivity index (χ2n) is 1.01. The molecule has 1 nitrogen and oxygen atoms in total. The molecular weight excluding hydrogens is 176 g/mol. The van der Waals surface area contributed by atoms with E-state index >= 15 is 0 Å². The monoisotopic (exact) mass is 183 g/mol. The van der Waals surface area contributed by atoms with Crippen molar-refractivity contribution in [2.24, 2.45) is 0 Å². The van der Waals surface area contributed by atoms with Gasteiger partial charge in [-0.05, 0) is 0 Å². The summed E-state index contributed by atoms with van der Waals surface area (Å²) in [4.78, 5) is 0. The van der Waals surface area contributed by atoms with E-state index in [2.05, 4.69) is 15.9 Å². The zero-order chi connectivity index (χ0) is 5.54. The number of hydrogen-bond acceptors (Lipinski definition) is 1. The Balaban J connectivity index is 2.45. The molecule has 0 bridgehead atoms. The fourth-order valence-corrected chi connectivity index (χ4v) is 1.33. The molecule has 1 radical (unpaired) electrons. The van der Waals surface area contributed by atoms with Gasteiger partial charge in [0.15, 0.2) is 0 Å². The van der Waals surface area contributed by atoms with Crippen LogP contribution in [0.25, 0.3) is 0 Å². The van der Waals surface area contributed by atoms with E-state index in [4.69, 9.17) is 0 Å². The van der Waals surface area contributed by atoms with Crippen LogP contribution in [0.5, 0.6) is 0 Å². The topological polar surface area (TPSA) is 19.9 Å². The Morgan fingerprint density at radius 3 is 2.57 bits per heavy atom. The van der Waals surface area contributed by atoms with Crippen molar-refractivity contribution in [3.05, 3.63) is 0 Å². The number of thioether (sulfide) groups is 1. The van der Waals surface area contributed by atoms with Gasteiger partial charge in [0.1, 0.15) is 0 Å². The summed E-state index contributed by atoms with van der Waals surface area (Å²) in [5, 5.41) is 10.8. The van der Waals surface area contributed by atoms with Gasteiger partial charge in [0.25, 0.3) is 0 Å². The quantitative estimate of drug-likeness (QED) is 0.479. The zero-order valence-corrected chi connectivity index (χ0v) is 6.43. The van der Waals surface area contributed by atoms with Crippen LogP contribution in [-0.4, -0.2) is 23.4 Å². The third kappa shape index (κ3) is 6.79. The molecule has 0 atom stereocenters. The summed E-state index contributed by atoms with van der Waals surface area (Å²) in [6.07, 6.45) is 0. The molecule has 0 fully saturated rings. The number of rotatable bonds is 4. The maximum atomic E-state index is 9.77. The maximum Gasteiger partial charge on any atom is 0.0912 e. The fourth-order valence-electron chi connectivity index (χ4n) is 0.216. The van der Waals surface area contributed by atoms with Crippen LogP contribution >= 0.6 is 27.7 Å². The van der Waals surface area contributed by atoms with E-state index in [1.165, 1.54) is 0 Å². The summed E-state index contributed by atoms with van der Waals surface area (Å²) in [7, 11) is 0. The molecule has 0 aliphatic heterocycles. The highest BCUT2D eigenvalue weighted by molar-refractivity contribution is 9.09. The van der Waals surface area contributed by atoms with Gasteiger partial charge < -0.3 is 0 Å². The summed E-state index contributed by atoms with van der Waals surface area (Å²) < 4.78 is 0.